The standard InChI is InChI=1S/C12H13F3N4OS2/c1-19(9(20)4-6-21-12(13,14)15)11-18-17-10(22-11)8-3-2-5-16-7-8/h3,7H,2,4-6H2,1H3. The quantitative estimate of drug-likeness (QED) is 0.819. The number of aromatic nitrogens is 2. The number of alkyl halides is 3. The molecule has 1 amide bonds. The van der Waals surface area contributed by atoms with Crippen molar-refractivity contribution < 1.29 is 18.0 Å². The molecule has 0 fully saturated rings. The van der Waals surface area contributed by atoms with E-state index in [0.717, 1.165) is 18.5 Å². The summed E-state index contributed by atoms with van der Waals surface area (Å²) in [6.07, 6.45) is 4.30. The molecule has 0 aromatic carbocycles. The number of aliphatic imine (C=N–C) groups is 1. The Hall–Kier alpha value is -1.42. The minimum Gasteiger partial charge on any atom is -0.292 e. The molecule has 2 heterocycles. The summed E-state index contributed by atoms with van der Waals surface area (Å²) >= 11 is 1.00. The summed E-state index contributed by atoms with van der Waals surface area (Å²) in [4.78, 5) is 17.2. The van der Waals surface area contributed by atoms with E-state index < -0.39 is 11.4 Å². The fourth-order valence-electron chi connectivity index (χ4n) is 1.65. The second-order valence-electron chi connectivity index (χ2n) is 4.37. The Morgan fingerprint density at radius 3 is 2.86 bits per heavy atom. The summed E-state index contributed by atoms with van der Waals surface area (Å²) in [5.41, 5.74) is -3.47. The van der Waals surface area contributed by atoms with E-state index >= 15 is 0 Å². The molecule has 1 aromatic heterocycles. The fourth-order valence-corrected chi connectivity index (χ4v) is 2.99. The molecule has 10 heteroatoms. The van der Waals surface area contributed by atoms with Gasteiger partial charge in [0.25, 0.3) is 0 Å². The number of carbonyl (C=O) groups is 1. The van der Waals surface area contributed by atoms with Crippen LogP contribution in [0.1, 0.15) is 17.8 Å². The molecule has 5 nitrogen and oxygen atoms in total. The highest BCUT2D eigenvalue weighted by Gasteiger charge is 2.28. The second-order valence-corrected chi connectivity index (χ2v) is 6.49. The molecule has 0 saturated carbocycles. The van der Waals surface area contributed by atoms with E-state index in [1.165, 1.54) is 23.3 Å². The minimum atomic E-state index is -4.32. The van der Waals surface area contributed by atoms with Gasteiger partial charge in [-0.25, -0.2) is 0 Å². The molecule has 1 aliphatic rings. The summed E-state index contributed by atoms with van der Waals surface area (Å²) in [6, 6.07) is 0. The first kappa shape index (κ1) is 16.9. The largest absolute Gasteiger partial charge is 0.441 e. The molecule has 0 aliphatic carbocycles. The monoisotopic (exact) mass is 350 g/mol. The van der Waals surface area contributed by atoms with Gasteiger partial charge in [-0.15, -0.1) is 10.2 Å². The highest BCUT2D eigenvalue weighted by molar-refractivity contribution is 8.00. The average molecular weight is 350 g/mol. The van der Waals surface area contributed by atoms with Crippen LogP contribution in [0.2, 0.25) is 0 Å². The molecule has 0 N–H and O–H groups in total. The van der Waals surface area contributed by atoms with Gasteiger partial charge in [0.05, 0.1) is 0 Å². The first-order chi connectivity index (χ1) is 10.4. The van der Waals surface area contributed by atoms with Crippen LogP contribution in [0.25, 0.3) is 5.57 Å². The maximum atomic E-state index is 12.0. The number of carbonyl (C=O) groups excluding carboxylic acids is 1. The van der Waals surface area contributed by atoms with E-state index in [-0.39, 0.29) is 23.9 Å². The SMILES string of the molecule is CN(C(=O)CCSC(F)(F)F)c1nnc(C2=CCCN=C2)s1. The van der Waals surface area contributed by atoms with Gasteiger partial charge in [-0.3, -0.25) is 14.7 Å². The van der Waals surface area contributed by atoms with Crippen molar-refractivity contribution in [2.45, 2.75) is 18.3 Å². The lowest BCUT2D eigenvalue weighted by atomic mass is 10.2. The van der Waals surface area contributed by atoms with Crippen LogP contribution in [0.4, 0.5) is 18.3 Å². The normalized spacial score (nSPS) is 14.8. The van der Waals surface area contributed by atoms with Crippen LogP contribution in [0.15, 0.2) is 11.1 Å². The molecule has 22 heavy (non-hydrogen) atoms. The van der Waals surface area contributed by atoms with Crippen LogP contribution >= 0.6 is 23.1 Å². The number of thioether (sulfide) groups is 1. The predicted molar refractivity (Wildman–Crippen MR) is 82.4 cm³/mol. The molecule has 1 aliphatic heterocycles. The molecule has 0 saturated heterocycles. The third-order valence-electron chi connectivity index (χ3n) is 2.76. The molecule has 0 bridgehead atoms. The zero-order valence-electron chi connectivity index (χ0n) is 11.6. The van der Waals surface area contributed by atoms with Gasteiger partial charge in [0.2, 0.25) is 11.0 Å². The maximum Gasteiger partial charge on any atom is 0.441 e. The van der Waals surface area contributed by atoms with Gasteiger partial charge in [-0.2, -0.15) is 13.2 Å². The van der Waals surface area contributed by atoms with Crippen molar-refractivity contribution in [3.63, 3.8) is 0 Å². The number of halogens is 3. The Labute approximate surface area is 133 Å². The van der Waals surface area contributed by atoms with Gasteiger partial charge in [0, 0.05) is 37.6 Å². The van der Waals surface area contributed by atoms with Crippen LogP contribution in [0, 0.1) is 0 Å². The molecular weight excluding hydrogens is 337 g/mol. The number of nitrogens with zero attached hydrogens (tertiary/aromatic N) is 4. The van der Waals surface area contributed by atoms with Crippen LogP contribution in [0.5, 0.6) is 0 Å². The molecule has 0 atom stereocenters. The Bertz CT molecular complexity index is 597. The zero-order chi connectivity index (χ0) is 16.2. The molecule has 0 spiro atoms. The van der Waals surface area contributed by atoms with Crippen molar-refractivity contribution in [3.05, 3.63) is 11.1 Å². The first-order valence-corrected chi connectivity index (χ1v) is 8.18. The number of allylic oxidation sites excluding steroid dienone is 1. The number of hydrogen-bond donors (Lipinski definition) is 0. The summed E-state index contributed by atoms with van der Waals surface area (Å²) in [6.45, 7) is 0.740. The van der Waals surface area contributed by atoms with Gasteiger partial charge in [-0.05, 0) is 6.42 Å². The van der Waals surface area contributed by atoms with Crippen LogP contribution in [0.3, 0.4) is 0 Å². The van der Waals surface area contributed by atoms with Crippen LogP contribution in [-0.2, 0) is 4.79 Å². The summed E-state index contributed by atoms with van der Waals surface area (Å²) in [5, 5.41) is 8.90. The summed E-state index contributed by atoms with van der Waals surface area (Å²) in [7, 11) is 1.48. The van der Waals surface area contributed by atoms with Crippen LogP contribution < -0.4 is 4.90 Å². The Morgan fingerprint density at radius 2 is 2.23 bits per heavy atom. The molecule has 120 valence electrons. The molecule has 0 radical (unpaired) electrons. The van der Waals surface area contributed by atoms with E-state index in [1.807, 2.05) is 6.08 Å². The Kier molecular flexibility index (Phi) is 5.57. The Balaban J connectivity index is 1.93. The smallest absolute Gasteiger partial charge is 0.292 e. The third kappa shape index (κ3) is 4.80. The first-order valence-electron chi connectivity index (χ1n) is 6.38. The maximum absolute atomic E-state index is 12.0. The van der Waals surface area contributed by atoms with E-state index in [9.17, 15) is 18.0 Å². The highest BCUT2D eigenvalue weighted by Crippen LogP contribution is 2.31. The second kappa shape index (κ2) is 7.23. The lowest BCUT2D eigenvalue weighted by Gasteiger charge is -2.13. The summed E-state index contributed by atoms with van der Waals surface area (Å²) in [5.74, 6) is -0.735. The Morgan fingerprint density at radius 1 is 1.45 bits per heavy atom. The van der Waals surface area contributed by atoms with Crippen molar-refractivity contribution in [1.82, 2.24) is 10.2 Å². The lowest BCUT2D eigenvalue weighted by Crippen LogP contribution is -2.26. The van der Waals surface area contributed by atoms with Crippen molar-refractivity contribution in [2.75, 3.05) is 24.2 Å². The van der Waals surface area contributed by atoms with Crippen molar-refractivity contribution >= 4 is 45.9 Å². The number of rotatable bonds is 5. The lowest BCUT2D eigenvalue weighted by molar-refractivity contribution is -0.117. The predicted octanol–water partition coefficient (Wildman–Crippen LogP) is 3.00. The minimum absolute atomic E-state index is 0.204. The number of amides is 1. The zero-order valence-corrected chi connectivity index (χ0v) is 13.3. The van der Waals surface area contributed by atoms with Crippen LogP contribution in [-0.4, -0.2) is 47.2 Å². The summed E-state index contributed by atoms with van der Waals surface area (Å²) < 4.78 is 36.1. The van der Waals surface area contributed by atoms with Gasteiger partial charge in [0.15, 0.2) is 5.01 Å². The fraction of sp³-hybridized carbons (Fsp3) is 0.500. The number of hydrogen-bond acceptors (Lipinski definition) is 6. The van der Waals surface area contributed by atoms with E-state index in [2.05, 4.69) is 15.2 Å². The van der Waals surface area contributed by atoms with Crippen molar-refractivity contribution in [1.29, 1.82) is 0 Å². The molecule has 2 rings (SSSR count). The molecular formula is C12H13F3N4OS2. The van der Waals surface area contributed by atoms with Crippen molar-refractivity contribution in [3.8, 4) is 0 Å². The molecule has 1 aromatic rings. The topological polar surface area (TPSA) is 58.5 Å². The number of dihydropyridines is 1. The number of anilines is 1. The van der Waals surface area contributed by atoms with E-state index in [0.29, 0.717) is 10.1 Å². The third-order valence-corrected chi connectivity index (χ3v) is 4.54. The van der Waals surface area contributed by atoms with E-state index in [4.69, 9.17) is 0 Å². The van der Waals surface area contributed by atoms with Gasteiger partial charge in [-0.1, -0.05) is 29.2 Å². The van der Waals surface area contributed by atoms with Gasteiger partial charge < -0.3 is 0 Å². The van der Waals surface area contributed by atoms with Gasteiger partial charge in [0.1, 0.15) is 0 Å². The van der Waals surface area contributed by atoms with Gasteiger partial charge >= 0.3 is 5.51 Å². The highest BCUT2D eigenvalue weighted by atomic mass is 32.2. The van der Waals surface area contributed by atoms with Crippen molar-refractivity contribution in [2.24, 2.45) is 4.99 Å². The average Bonchev–Trinajstić information content (AvgIpc) is 2.95. The molecule has 0 unspecified atom stereocenters. The van der Waals surface area contributed by atoms with E-state index in [1.54, 1.807) is 6.21 Å².